The van der Waals surface area contributed by atoms with Gasteiger partial charge < -0.3 is 10.6 Å². The fourth-order valence-corrected chi connectivity index (χ4v) is 1.78. The molecule has 0 aliphatic carbocycles. The highest BCUT2D eigenvalue weighted by molar-refractivity contribution is 5.78. The summed E-state index contributed by atoms with van der Waals surface area (Å²) in [6, 6.07) is 3.41. The standard InChI is InChI=1S/C12H12FN3O2/c1-15-6-2-3-9(12(15)14)10-7-8(16(17)18)4-5-11(10)13/h2-5,7H,6,14H2,1H3. The van der Waals surface area contributed by atoms with Gasteiger partial charge in [-0.2, -0.15) is 0 Å². The van der Waals surface area contributed by atoms with Crippen molar-refractivity contribution in [3.05, 3.63) is 57.7 Å². The summed E-state index contributed by atoms with van der Waals surface area (Å²) in [6.07, 6.45) is 3.50. The number of nitro groups is 1. The first kappa shape index (κ1) is 12.1. The molecule has 0 aromatic heterocycles. The zero-order chi connectivity index (χ0) is 13.3. The van der Waals surface area contributed by atoms with Gasteiger partial charge in [-0.25, -0.2) is 4.39 Å². The summed E-state index contributed by atoms with van der Waals surface area (Å²) >= 11 is 0. The van der Waals surface area contributed by atoms with E-state index in [1.807, 2.05) is 6.08 Å². The van der Waals surface area contributed by atoms with Gasteiger partial charge in [-0.3, -0.25) is 10.1 Å². The van der Waals surface area contributed by atoms with Crippen LogP contribution in [0.15, 0.2) is 36.2 Å². The van der Waals surface area contributed by atoms with Gasteiger partial charge in [-0.15, -0.1) is 0 Å². The Balaban J connectivity index is 2.57. The third-order valence-electron chi connectivity index (χ3n) is 2.80. The van der Waals surface area contributed by atoms with Crippen LogP contribution in [0.1, 0.15) is 5.56 Å². The monoisotopic (exact) mass is 249 g/mol. The Hall–Kier alpha value is -2.37. The first-order valence-electron chi connectivity index (χ1n) is 5.32. The molecule has 1 aliphatic heterocycles. The van der Waals surface area contributed by atoms with Crippen molar-refractivity contribution in [2.45, 2.75) is 0 Å². The number of nitrogens with two attached hydrogens (primary N) is 1. The third-order valence-corrected chi connectivity index (χ3v) is 2.80. The molecular formula is C12H12FN3O2. The van der Waals surface area contributed by atoms with Gasteiger partial charge in [0, 0.05) is 36.9 Å². The minimum absolute atomic E-state index is 0.143. The maximum atomic E-state index is 13.8. The number of benzene rings is 1. The number of likely N-dealkylation sites (N-methyl/N-ethyl adjacent to an activating group) is 1. The van der Waals surface area contributed by atoms with Crippen LogP contribution in [0.2, 0.25) is 0 Å². The molecule has 1 aromatic rings. The van der Waals surface area contributed by atoms with Gasteiger partial charge in [0.05, 0.1) is 4.92 Å². The summed E-state index contributed by atoms with van der Waals surface area (Å²) in [5.41, 5.74) is 6.31. The van der Waals surface area contributed by atoms with Gasteiger partial charge >= 0.3 is 0 Å². The number of halogens is 1. The van der Waals surface area contributed by atoms with Crippen molar-refractivity contribution in [2.75, 3.05) is 13.6 Å². The molecule has 2 N–H and O–H groups in total. The van der Waals surface area contributed by atoms with E-state index in [9.17, 15) is 14.5 Å². The van der Waals surface area contributed by atoms with Crippen LogP contribution in [-0.2, 0) is 0 Å². The smallest absolute Gasteiger partial charge is 0.270 e. The third kappa shape index (κ3) is 2.04. The molecule has 0 spiro atoms. The molecular weight excluding hydrogens is 237 g/mol. The lowest BCUT2D eigenvalue weighted by molar-refractivity contribution is -0.384. The molecule has 6 heteroatoms. The first-order chi connectivity index (χ1) is 8.50. The van der Waals surface area contributed by atoms with Crippen molar-refractivity contribution in [1.29, 1.82) is 0 Å². The number of nitro benzene ring substituents is 1. The Kier molecular flexibility index (Phi) is 3.01. The molecule has 0 saturated carbocycles. The van der Waals surface area contributed by atoms with Crippen LogP contribution in [0.3, 0.4) is 0 Å². The highest BCUT2D eigenvalue weighted by Gasteiger charge is 2.18. The van der Waals surface area contributed by atoms with E-state index in [0.29, 0.717) is 17.9 Å². The van der Waals surface area contributed by atoms with Crippen molar-refractivity contribution >= 4 is 11.3 Å². The highest BCUT2D eigenvalue weighted by Crippen LogP contribution is 2.28. The highest BCUT2D eigenvalue weighted by atomic mass is 19.1. The number of hydrogen-bond donors (Lipinski definition) is 1. The van der Waals surface area contributed by atoms with E-state index >= 15 is 0 Å². The summed E-state index contributed by atoms with van der Waals surface area (Å²) < 4.78 is 13.8. The molecule has 0 saturated heterocycles. The van der Waals surface area contributed by atoms with Crippen LogP contribution in [-0.4, -0.2) is 23.4 Å². The SMILES string of the molecule is CN1CC=CC(c2cc([N+](=O)[O-])ccc2F)=C1N. The summed E-state index contributed by atoms with van der Waals surface area (Å²) in [5, 5.41) is 10.7. The molecule has 2 rings (SSSR count). The molecule has 0 bridgehead atoms. The maximum absolute atomic E-state index is 13.8. The molecule has 1 aromatic carbocycles. The van der Waals surface area contributed by atoms with Crippen molar-refractivity contribution in [2.24, 2.45) is 5.73 Å². The molecule has 0 atom stereocenters. The summed E-state index contributed by atoms with van der Waals surface area (Å²) in [4.78, 5) is 11.9. The average molecular weight is 249 g/mol. The molecule has 0 amide bonds. The fourth-order valence-electron chi connectivity index (χ4n) is 1.78. The lowest BCUT2D eigenvalue weighted by Gasteiger charge is -2.24. The lowest BCUT2D eigenvalue weighted by atomic mass is 10.0. The number of non-ortho nitro benzene ring substituents is 1. The lowest BCUT2D eigenvalue weighted by Crippen LogP contribution is -2.27. The maximum Gasteiger partial charge on any atom is 0.270 e. The Bertz CT molecular complexity index is 566. The molecule has 1 heterocycles. The van der Waals surface area contributed by atoms with Gasteiger partial charge in [0.15, 0.2) is 0 Å². The molecule has 94 valence electrons. The van der Waals surface area contributed by atoms with Crippen molar-refractivity contribution < 1.29 is 9.31 Å². The number of nitrogens with zero attached hydrogens (tertiary/aromatic N) is 2. The average Bonchev–Trinajstić information content (AvgIpc) is 2.33. The van der Waals surface area contributed by atoms with Crippen molar-refractivity contribution in [1.82, 2.24) is 4.90 Å². The van der Waals surface area contributed by atoms with Crippen LogP contribution in [0.4, 0.5) is 10.1 Å². The van der Waals surface area contributed by atoms with E-state index < -0.39 is 10.7 Å². The minimum Gasteiger partial charge on any atom is -0.385 e. The van der Waals surface area contributed by atoms with Gasteiger partial charge in [-0.1, -0.05) is 12.2 Å². The summed E-state index contributed by atoms with van der Waals surface area (Å²) in [7, 11) is 1.77. The minimum atomic E-state index is -0.560. The predicted octanol–water partition coefficient (Wildman–Crippen LogP) is 1.86. The normalized spacial score (nSPS) is 15.1. The zero-order valence-corrected chi connectivity index (χ0v) is 9.76. The number of allylic oxidation sites excluding steroid dienone is 2. The van der Waals surface area contributed by atoms with Crippen LogP contribution < -0.4 is 5.73 Å². The summed E-state index contributed by atoms with van der Waals surface area (Å²) in [6.45, 7) is 0.631. The molecule has 5 nitrogen and oxygen atoms in total. The summed E-state index contributed by atoms with van der Waals surface area (Å²) in [5.74, 6) is -0.129. The van der Waals surface area contributed by atoms with Crippen LogP contribution in [0, 0.1) is 15.9 Å². The second kappa shape index (κ2) is 4.48. The van der Waals surface area contributed by atoms with Gasteiger partial charge in [0.25, 0.3) is 5.69 Å². The van der Waals surface area contributed by atoms with Crippen LogP contribution in [0.25, 0.3) is 5.57 Å². The van der Waals surface area contributed by atoms with Crippen LogP contribution in [0.5, 0.6) is 0 Å². The largest absolute Gasteiger partial charge is 0.385 e. The Labute approximate surface area is 103 Å². The predicted molar refractivity (Wildman–Crippen MR) is 65.9 cm³/mol. The van der Waals surface area contributed by atoms with Crippen molar-refractivity contribution in [3.63, 3.8) is 0 Å². The quantitative estimate of drug-likeness (QED) is 0.641. The van der Waals surface area contributed by atoms with Gasteiger partial charge in [0.1, 0.15) is 11.6 Å². The first-order valence-corrected chi connectivity index (χ1v) is 5.32. The Morgan fingerprint density at radius 3 is 2.89 bits per heavy atom. The molecule has 0 unspecified atom stereocenters. The topological polar surface area (TPSA) is 72.4 Å². The van der Waals surface area contributed by atoms with E-state index in [4.69, 9.17) is 5.73 Å². The molecule has 0 fully saturated rings. The molecule has 18 heavy (non-hydrogen) atoms. The van der Waals surface area contributed by atoms with E-state index in [2.05, 4.69) is 0 Å². The Morgan fingerprint density at radius 2 is 2.22 bits per heavy atom. The van der Waals surface area contributed by atoms with Crippen LogP contribution >= 0.6 is 0 Å². The van der Waals surface area contributed by atoms with E-state index in [0.717, 1.165) is 12.1 Å². The zero-order valence-electron chi connectivity index (χ0n) is 9.76. The van der Waals surface area contributed by atoms with Crippen molar-refractivity contribution in [3.8, 4) is 0 Å². The van der Waals surface area contributed by atoms with E-state index in [-0.39, 0.29) is 11.3 Å². The van der Waals surface area contributed by atoms with Gasteiger partial charge in [-0.05, 0) is 6.07 Å². The van der Waals surface area contributed by atoms with E-state index in [1.54, 1.807) is 18.0 Å². The number of hydrogen-bond acceptors (Lipinski definition) is 4. The second-order valence-electron chi connectivity index (χ2n) is 4.00. The number of rotatable bonds is 2. The fraction of sp³-hybridized carbons (Fsp3) is 0.167. The van der Waals surface area contributed by atoms with Gasteiger partial charge in [0.2, 0.25) is 0 Å². The molecule has 0 radical (unpaired) electrons. The second-order valence-corrected chi connectivity index (χ2v) is 4.00. The Morgan fingerprint density at radius 1 is 1.50 bits per heavy atom. The molecule has 1 aliphatic rings. The van der Waals surface area contributed by atoms with E-state index in [1.165, 1.54) is 6.07 Å².